The molecule has 3 aromatic carbocycles. The first-order valence-corrected chi connectivity index (χ1v) is 19.2. The Balaban J connectivity index is 0.000000418. The van der Waals surface area contributed by atoms with Crippen LogP contribution in [0.5, 0.6) is 0 Å². The molecule has 1 aliphatic carbocycles. The molecule has 0 unspecified atom stereocenters. The molecule has 3 nitrogen and oxygen atoms in total. The van der Waals surface area contributed by atoms with Gasteiger partial charge in [0.25, 0.3) is 0 Å². The molecule has 1 aromatic heterocycles. The number of pyridine rings is 1. The van der Waals surface area contributed by atoms with E-state index >= 15 is 0 Å². The van der Waals surface area contributed by atoms with E-state index < -0.39 is 11.6 Å². The summed E-state index contributed by atoms with van der Waals surface area (Å²) in [5, 5.41) is 12.1. The molecule has 7 heteroatoms. The smallest absolute Gasteiger partial charge is 0.394 e. The van der Waals surface area contributed by atoms with Gasteiger partial charge in [-0.2, -0.15) is 13.2 Å². The molecule has 1 heterocycles. The number of halogens is 3. The largest absolute Gasteiger partial charge is 0.512 e. The van der Waals surface area contributed by atoms with Crippen LogP contribution in [0.25, 0.3) is 33.7 Å². The topological polar surface area (TPSA) is 50.2 Å². The van der Waals surface area contributed by atoms with Crippen LogP contribution in [0.4, 0.5) is 13.2 Å². The number of fused-ring (bicyclic) bond motifs is 2. The number of allylic oxidation sites excluding steroid dienone is 3. The fraction of sp³-hybridized carbons (Fsp3) is 0.447. The van der Waals surface area contributed by atoms with Crippen molar-refractivity contribution in [3.8, 4) is 11.3 Å². The van der Waals surface area contributed by atoms with Crippen molar-refractivity contribution >= 4 is 28.2 Å². The summed E-state index contributed by atoms with van der Waals surface area (Å²) < 4.78 is 40.2. The number of aliphatic hydroxyl groups is 1. The summed E-state index contributed by atoms with van der Waals surface area (Å²) in [6.07, 6.45) is 4.65. The summed E-state index contributed by atoms with van der Waals surface area (Å²) in [5.41, 5.74) is 6.15. The summed E-state index contributed by atoms with van der Waals surface area (Å²) in [6.45, 7) is 19.4. The first-order chi connectivity index (χ1) is 24.9. The number of nitrogens with zero attached hydrogens (tertiary/aromatic N) is 1. The van der Waals surface area contributed by atoms with Gasteiger partial charge in [-0.3, -0.25) is 9.78 Å². The van der Waals surface area contributed by atoms with Crippen molar-refractivity contribution in [2.45, 2.75) is 119 Å². The van der Waals surface area contributed by atoms with Crippen LogP contribution >= 0.6 is 0 Å². The molecule has 1 radical (unpaired) electrons. The molecule has 0 amide bonds. The van der Waals surface area contributed by atoms with Crippen molar-refractivity contribution in [2.24, 2.45) is 17.3 Å². The van der Waals surface area contributed by atoms with Crippen LogP contribution in [-0.2, 0) is 36.7 Å². The number of hydrogen-bond acceptors (Lipinski definition) is 3. The quantitative estimate of drug-likeness (QED) is 0.0875. The molecule has 0 bridgehead atoms. The van der Waals surface area contributed by atoms with Crippen molar-refractivity contribution in [1.82, 2.24) is 4.98 Å². The molecule has 54 heavy (non-hydrogen) atoms. The zero-order chi connectivity index (χ0) is 39.3. The maximum absolute atomic E-state index is 13.4. The van der Waals surface area contributed by atoms with Crippen LogP contribution in [0.3, 0.4) is 0 Å². The Morgan fingerprint density at radius 1 is 0.907 bits per heavy atom. The maximum atomic E-state index is 13.4. The zero-order valence-corrected chi connectivity index (χ0v) is 35.9. The van der Waals surface area contributed by atoms with E-state index in [2.05, 4.69) is 64.1 Å². The molecule has 0 aliphatic heterocycles. The number of rotatable bonds is 12. The second kappa shape index (κ2) is 18.4. The third-order valence-corrected chi connectivity index (χ3v) is 11.0. The first-order valence-electron chi connectivity index (χ1n) is 19.2. The van der Waals surface area contributed by atoms with E-state index in [4.69, 9.17) is 4.98 Å². The van der Waals surface area contributed by atoms with Gasteiger partial charge in [0.2, 0.25) is 0 Å². The molecule has 5 rings (SSSR count). The SMILES string of the molecule is CC(C)c1cc(-c2nccc3c2C(C)(C)C(c2ccc(CC(C)(C)C(F)(F)F)cc2)=C3)[c-]c2ccccc12.CCC(CC)C(=O)/C=C(\O)C(CC)CC.[Ir]. The molecule has 0 fully saturated rings. The Hall–Kier alpha value is -3.54. The zero-order valence-electron chi connectivity index (χ0n) is 33.5. The van der Waals surface area contributed by atoms with E-state index in [0.717, 1.165) is 64.6 Å². The van der Waals surface area contributed by atoms with Gasteiger partial charge in [0.15, 0.2) is 5.78 Å². The van der Waals surface area contributed by atoms with Crippen LogP contribution in [0.15, 0.2) is 78.7 Å². The molecule has 0 spiro atoms. The fourth-order valence-electron chi connectivity index (χ4n) is 7.43. The molecule has 4 aromatic rings. The molecule has 293 valence electrons. The van der Waals surface area contributed by atoms with Gasteiger partial charge in [-0.05, 0) is 71.9 Å². The van der Waals surface area contributed by atoms with Crippen molar-refractivity contribution < 1.29 is 43.2 Å². The second-order valence-electron chi connectivity index (χ2n) is 15.9. The number of carbonyl (C=O) groups is 1. The van der Waals surface area contributed by atoms with Crippen LogP contribution < -0.4 is 0 Å². The third kappa shape index (κ3) is 9.81. The maximum Gasteiger partial charge on any atom is 0.394 e. The van der Waals surface area contributed by atoms with Crippen molar-refractivity contribution in [3.63, 3.8) is 0 Å². The van der Waals surface area contributed by atoms with Crippen molar-refractivity contribution in [1.29, 1.82) is 0 Å². The summed E-state index contributed by atoms with van der Waals surface area (Å²) in [4.78, 5) is 16.6. The van der Waals surface area contributed by atoms with E-state index in [1.807, 2.05) is 70.3 Å². The van der Waals surface area contributed by atoms with E-state index in [9.17, 15) is 23.1 Å². The predicted octanol–water partition coefficient (Wildman–Crippen LogP) is 13.7. The van der Waals surface area contributed by atoms with Crippen LogP contribution in [0.2, 0.25) is 0 Å². The Morgan fingerprint density at radius 3 is 2.06 bits per heavy atom. The van der Waals surface area contributed by atoms with Gasteiger partial charge in [-0.25, -0.2) is 0 Å². The van der Waals surface area contributed by atoms with Gasteiger partial charge in [0, 0.05) is 55.3 Å². The van der Waals surface area contributed by atoms with Gasteiger partial charge in [-0.15, -0.1) is 29.1 Å². The summed E-state index contributed by atoms with van der Waals surface area (Å²) in [6, 6.07) is 23.8. The van der Waals surface area contributed by atoms with Crippen LogP contribution in [-0.4, -0.2) is 22.1 Å². The Morgan fingerprint density at radius 2 is 1.50 bits per heavy atom. The van der Waals surface area contributed by atoms with E-state index in [1.54, 1.807) is 0 Å². The number of hydrogen-bond donors (Lipinski definition) is 1. The summed E-state index contributed by atoms with van der Waals surface area (Å²) >= 11 is 0. The number of carbonyl (C=O) groups excluding carboxylic acids is 1. The van der Waals surface area contributed by atoms with Crippen molar-refractivity contribution in [3.05, 3.63) is 113 Å². The second-order valence-corrected chi connectivity index (χ2v) is 15.9. The summed E-state index contributed by atoms with van der Waals surface area (Å²) in [5.74, 6) is 0.902. The number of alkyl halides is 3. The number of aromatic nitrogens is 1. The third-order valence-electron chi connectivity index (χ3n) is 11.0. The van der Waals surface area contributed by atoms with Gasteiger partial charge in [0.05, 0.1) is 11.2 Å². The number of ketones is 1. The molecule has 0 saturated heterocycles. The van der Waals surface area contributed by atoms with Crippen molar-refractivity contribution in [2.75, 3.05) is 0 Å². The molecule has 0 atom stereocenters. The minimum Gasteiger partial charge on any atom is -0.512 e. The number of aliphatic hydroxyl groups excluding tert-OH is 1. The molecular formula is C47H57F3IrNO2-. The van der Waals surface area contributed by atoms with E-state index in [0.29, 0.717) is 11.5 Å². The minimum atomic E-state index is -4.25. The number of benzene rings is 3. The molecular weight excluding hydrogens is 860 g/mol. The Bertz CT molecular complexity index is 1950. The molecule has 0 saturated carbocycles. The Kier molecular flexibility index (Phi) is 15.3. The van der Waals surface area contributed by atoms with Gasteiger partial charge in [0.1, 0.15) is 0 Å². The van der Waals surface area contributed by atoms with Crippen LogP contribution in [0.1, 0.15) is 129 Å². The first kappa shape index (κ1) is 44.9. The van der Waals surface area contributed by atoms with Gasteiger partial charge in [-0.1, -0.05) is 129 Å². The monoisotopic (exact) mass is 917 g/mol. The average molecular weight is 917 g/mol. The Labute approximate surface area is 334 Å². The standard InChI is InChI=1S/C34H33F3N.C13H24O2.Ir/c1-21(2)28-18-26(17-24-9-7-8-10-27(24)28)31-30-25(15-16-38-31)19-29(33(30,5)6)23-13-11-22(12-14-23)20-32(3,4)34(35,36)37;1-5-10(6-2)12(14)9-13(15)11(7-3)8-4;/h7-16,18-19,21H,20H2,1-6H3;9-11,14H,5-8H2,1-4H3;/q-1;;/b;12-9-;. The molecule has 1 N–H and O–H groups in total. The van der Waals surface area contributed by atoms with Crippen LogP contribution in [0, 0.1) is 23.3 Å². The van der Waals surface area contributed by atoms with Gasteiger partial charge >= 0.3 is 6.18 Å². The predicted molar refractivity (Wildman–Crippen MR) is 215 cm³/mol. The fourth-order valence-corrected chi connectivity index (χ4v) is 7.43. The van der Waals surface area contributed by atoms with E-state index in [1.165, 1.54) is 30.9 Å². The summed E-state index contributed by atoms with van der Waals surface area (Å²) in [7, 11) is 0. The normalized spacial score (nSPS) is 14.1. The minimum absolute atomic E-state index is 0. The average Bonchev–Trinajstić information content (AvgIpc) is 3.38. The molecule has 1 aliphatic rings. The van der Waals surface area contributed by atoms with E-state index in [-0.39, 0.29) is 55.3 Å². The van der Waals surface area contributed by atoms with Gasteiger partial charge < -0.3 is 5.11 Å².